The van der Waals surface area contributed by atoms with E-state index >= 15 is 0 Å². The molecule has 0 bridgehead atoms. The number of carbonyl (C=O) groups is 3. The minimum absolute atomic E-state index is 0.154. The number of nitrogens with zero attached hydrogens (tertiary/aromatic N) is 3. The third-order valence-corrected chi connectivity index (χ3v) is 8.26. The molecule has 6 rings (SSSR count). The van der Waals surface area contributed by atoms with Crippen LogP contribution in [0.4, 0.5) is 16.2 Å². The van der Waals surface area contributed by atoms with Crippen molar-refractivity contribution in [3.63, 3.8) is 0 Å². The standard InChI is InChI=1S/C36H37N7O5/c1-20-32(21(2)43(5)41-20)33-27(26-18-25(47-6)12-13-29(26)40-33)19-31-34(44)28-17-24(11-14-30(28)48-31)39-36(46)38-23-9-7-22(8-10-23)35(45)37-15-16-42(3)4/h7-14,17-19,40H,15-16H2,1-6H3,(H,37,45)(H2,38,39,46)/b31-19-. The number of benzene rings is 3. The number of carbonyl (C=O) groups excluding carboxylic acids is 3. The van der Waals surface area contributed by atoms with Gasteiger partial charge < -0.3 is 35.3 Å². The normalized spacial score (nSPS) is 13.1. The summed E-state index contributed by atoms with van der Waals surface area (Å²) in [7, 11) is 7.38. The molecule has 48 heavy (non-hydrogen) atoms. The molecule has 3 aromatic carbocycles. The van der Waals surface area contributed by atoms with Crippen molar-refractivity contribution in [1.29, 1.82) is 0 Å². The number of H-pyrrole nitrogens is 1. The second kappa shape index (κ2) is 13.1. The minimum atomic E-state index is -0.500. The van der Waals surface area contributed by atoms with Gasteiger partial charge in [-0.05, 0) is 94.7 Å². The molecule has 4 N–H and O–H groups in total. The molecule has 0 aliphatic carbocycles. The molecule has 3 amide bonds. The Kier molecular flexibility index (Phi) is 8.74. The Morgan fingerprint density at radius 1 is 1.02 bits per heavy atom. The van der Waals surface area contributed by atoms with E-state index < -0.39 is 6.03 Å². The van der Waals surface area contributed by atoms with E-state index in [0.717, 1.165) is 45.7 Å². The zero-order valence-corrected chi connectivity index (χ0v) is 27.6. The van der Waals surface area contributed by atoms with E-state index in [0.29, 0.717) is 40.5 Å². The van der Waals surface area contributed by atoms with Crippen LogP contribution in [0, 0.1) is 13.8 Å². The van der Waals surface area contributed by atoms with Crippen LogP contribution in [-0.4, -0.2) is 71.7 Å². The lowest BCUT2D eigenvalue weighted by Gasteiger charge is -2.11. The Morgan fingerprint density at radius 2 is 1.75 bits per heavy atom. The first-order chi connectivity index (χ1) is 23.0. The number of allylic oxidation sites excluding steroid dienone is 1. The largest absolute Gasteiger partial charge is 0.497 e. The van der Waals surface area contributed by atoms with Gasteiger partial charge in [0.2, 0.25) is 5.78 Å². The predicted molar refractivity (Wildman–Crippen MR) is 186 cm³/mol. The number of rotatable bonds is 9. The lowest BCUT2D eigenvalue weighted by molar-refractivity contribution is 0.0950. The number of urea groups is 1. The maximum Gasteiger partial charge on any atom is 0.323 e. The highest BCUT2D eigenvalue weighted by Crippen LogP contribution is 2.39. The topological polar surface area (TPSA) is 143 Å². The summed E-state index contributed by atoms with van der Waals surface area (Å²) in [6, 6.07) is 16.7. The highest BCUT2D eigenvalue weighted by Gasteiger charge is 2.29. The van der Waals surface area contributed by atoms with E-state index in [9.17, 15) is 14.4 Å². The van der Waals surface area contributed by atoms with Crippen LogP contribution < -0.4 is 25.4 Å². The van der Waals surface area contributed by atoms with Gasteiger partial charge >= 0.3 is 6.03 Å². The molecule has 0 atom stereocenters. The van der Waals surface area contributed by atoms with Gasteiger partial charge in [0, 0.05) is 64.8 Å². The molecule has 0 saturated heterocycles. The molecule has 2 aromatic heterocycles. The summed E-state index contributed by atoms with van der Waals surface area (Å²) in [6.07, 6.45) is 1.74. The van der Waals surface area contributed by atoms with Gasteiger partial charge in [0.1, 0.15) is 11.5 Å². The van der Waals surface area contributed by atoms with Crippen LogP contribution in [0.1, 0.15) is 37.7 Å². The fourth-order valence-electron chi connectivity index (χ4n) is 5.69. The van der Waals surface area contributed by atoms with Crippen LogP contribution in [-0.2, 0) is 7.05 Å². The number of anilines is 2. The van der Waals surface area contributed by atoms with Gasteiger partial charge in [-0.2, -0.15) is 5.10 Å². The SMILES string of the molecule is COc1ccc2[nH]c(-c3c(C)nn(C)c3C)c(/C=C3\Oc4ccc(NC(=O)Nc5ccc(C(=O)NCCN(C)C)cc5)cc4C3=O)c2c1. The average Bonchev–Trinajstić information content (AvgIpc) is 3.65. The van der Waals surface area contributed by atoms with E-state index in [4.69, 9.17) is 9.47 Å². The second-order valence-electron chi connectivity index (χ2n) is 11.9. The molecule has 0 saturated carbocycles. The summed E-state index contributed by atoms with van der Waals surface area (Å²) < 4.78 is 13.4. The molecule has 246 valence electrons. The molecule has 1 aliphatic rings. The van der Waals surface area contributed by atoms with Crippen LogP contribution >= 0.6 is 0 Å². The molecular formula is C36H37N7O5. The first kappa shape index (κ1) is 32.1. The number of Topliss-reactive ketones (excluding diaryl/α,β-unsaturated/α-hetero) is 1. The number of aryl methyl sites for hydroxylation is 2. The smallest absolute Gasteiger partial charge is 0.323 e. The average molecular weight is 648 g/mol. The molecule has 1 aliphatic heterocycles. The van der Waals surface area contributed by atoms with Gasteiger partial charge in [-0.15, -0.1) is 0 Å². The van der Waals surface area contributed by atoms with Crippen molar-refractivity contribution in [2.75, 3.05) is 44.9 Å². The number of hydrogen-bond acceptors (Lipinski definition) is 7. The van der Waals surface area contributed by atoms with Crippen molar-refractivity contribution in [2.45, 2.75) is 13.8 Å². The maximum absolute atomic E-state index is 13.7. The Balaban J connectivity index is 1.20. The molecule has 0 spiro atoms. The first-order valence-electron chi connectivity index (χ1n) is 15.4. The summed E-state index contributed by atoms with van der Waals surface area (Å²) in [5.41, 5.74) is 6.97. The zero-order chi connectivity index (χ0) is 34.1. The summed E-state index contributed by atoms with van der Waals surface area (Å²) in [6.45, 7) is 5.21. The number of methoxy groups -OCH3 is 1. The summed E-state index contributed by atoms with van der Waals surface area (Å²) >= 11 is 0. The third-order valence-electron chi connectivity index (χ3n) is 8.26. The number of fused-ring (bicyclic) bond motifs is 2. The van der Waals surface area contributed by atoms with Crippen molar-refractivity contribution in [3.8, 4) is 22.8 Å². The number of hydrogen-bond donors (Lipinski definition) is 4. The molecule has 0 unspecified atom stereocenters. The molecular weight excluding hydrogens is 610 g/mol. The van der Waals surface area contributed by atoms with Crippen LogP contribution in [0.3, 0.4) is 0 Å². The molecule has 0 radical (unpaired) electrons. The number of aromatic amines is 1. The number of ether oxygens (including phenoxy) is 2. The van der Waals surface area contributed by atoms with E-state index in [1.165, 1.54) is 0 Å². The fraction of sp³-hybridized carbons (Fsp3) is 0.222. The highest BCUT2D eigenvalue weighted by atomic mass is 16.5. The van der Waals surface area contributed by atoms with Gasteiger partial charge in [0.05, 0.1) is 24.1 Å². The summed E-state index contributed by atoms with van der Waals surface area (Å²) in [5, 5.41) is 13.8. The number of likely N-dealkylation sites (N-methyl/N-ethyl adjacent to an activating group) is 1. The lowest BCUT2D eigenvalue weighted by atomic mass is 10.0. The Labute approximate surface area is 277 Å². The number of aromatic nitrogens is 3. The molecule has 3 heterocycles. The molecule has 5 aromatic rings. The van der Waals surface area contributed by atoms with Crippen LogP contribution in [0.25, 0.3) is 28.2 Å². The van der Waals surface area contributed by atoms with Crippen molar-refractivity contribution in [1.82, 2.24) is 25.0 Å². The Hall–Kier alpha value is -5.88. The van der Waals surface area contributed by atoms with Gasteiger partial charge in [0.15, 0.2) is 5.76 Å². The van der Waals surface area contributed by atoms with Crippen molar-refractivity contribution in [2.24, 2.45) is 7.05 Å². The molecule has 0 fully saturated rings. The summed E-state index contributed by atoms with van der Waals surface area (Å²) in [4.78, 5) is 44.3. The Morgan fingerprint density at radius 3 is 2.44 bits per heavy atom. The lowest BCUT2D eigenvalue weighted by Crippen LogP contribution is -2.31. The number of amides is 3. The number of ketones is 1. The maximum atomic E-state index is 13.7. The van der Waals surface area contributed by atoms with Gasteiger partial charge in [-0.25, -0.2) is 4.79 Å². The number of nitrogens with one attached hydrogen (secondary N) is 4. The van der Waals surface area contributed by atoms with Crippen molar-refractivity contribution in [3.05, 3.63) is 94.5 Å². The highest BCUT2D eigenvalue weighted by molar-refractivity contribution is 6.16. The van der Waals surface area contributed by atoms with E-state index in [1.54, 1.807) is 55.7 Å². The van der Waals surface area contributed by atoms with E-state index in [1.807, 2.05) is 62.8 Å². The van der Waals surface area contributed by atoms with Crippen molar-refractivity contribution < 1.29 is 23.9 Å². The molecule has 12 heteroatoms. The van der Waals surface area contributed by atoms with Crippen molar-refractivity contribution >= 4 is 46.1 Å². The zero-order valence-electron chi connectivity index (χ0n) is 27.6. The van der Waals surface area contributed by atoms with E-state index in [2.05, 4.69) is 26.0 Å². The van der Waals surface area contributed by atoms with Gasteiger partial charge in [-0.3, -0.25) is 14.3 Å². The first-order valence-corrected chi connectivity index (χ1v) is 15.4. The van der Waals surface area contributed by atoms with E-state index in [-0.39, 0.29) is 17.4 Å². The minimum Gasteiger partial charge on any atom is -0.497 e. The monoisotopic (exact) mass is 647 g/mol. The van der Waals surface area contributed by atoms with Crippen LogP contribution in [0.5, 0.6) is 11.5 Å². The van der Waals surface area contributed by atoms with Crippen LogP contribution in [0.15, 0.2) is 66.4 Å². The predicted octanol–water partition coefficient (Wildman–Crippen LogP) is 5.75. The van der Waals surface area contributed by atoms with Crippen LogP contribution in [0.2, 0.25) is 0 Å². The third kappa shape index (κ3) is 6.38. The second-order valence-corrected chi connectivity index (χ2v) is 11.9. The van der Waals surface area contributed by atoms with Gasteiger partial charge in [0.25, 0.3) is 5.91 Å². The summed E-state index contributed by atoms with van der Waals surface area (Å²) in [5.74, 6) is 0.733. The molecule has 12 nitrogen and oxygen atoms in total. The fourth-order valence-corrected chi connectivity index (χ4v) is 5.69. The quantitative estimate of drug-likeness (QED) is 0.149. The Bertz CT molecular complexity index is 2090. The van der Waals surface area contributed by atoms with Gasteiger partial charge in [-0.1, -0.05) is 0 Å².